The van der Waals surface area contributed by atoms with Gasteiger partial charge in [-0.15, -0.1) is 0 Å². The Morgan fingerprint density at radius 2 is 0.909 bits per heavy atom. The van der Waals surface area contributed by atoms with Gasteiger partial charge in [-0.3, -0.25) is 15.0 Å². The highest BCUT2D eigenvalue weighted by Gasteiger charge is 1.84. The summed E-state index contributed by atoms with van der Waals surface area (Å²) in [6.07, 6.45) is 0. The van der Waals surface area contributed by atoms with Crippen LogP contribution in [0, 0.1) is 0 Å². The highest BCUT2D eigenvalue weighted by atomic mass is 16.2. The number of hydrogen-bond acceptors (Lipinski definition) is 4. The number of carbonyl (C=O) groups is 1. The molecule has 1 aromatic heterocycles. The molecule has 1 rings (SSSR count). The van der Waals surface area contributed by atoms with Crippen molar-refractivity contribution >= 4 is 6.79 Å². The first-order chi connectivity index (χ1) is 5.18. The molecule has 0 saturated heterocycles. The van der Waals surface area contributed by atoms with Gasteiger partial charge >= 0.3 is 17.1 Å². The van der Waals surface area contributed by atoms with Crippen LogP contribution in [0.5, 0.6) is 0 Å². The molecule has 0 aliphatic heterocycles. The third-order valence-electron chi connectivity index (χ3n) is 0.681. The van der Waals surface area contributed by atoms with Gasteiger partial charge in [0, 0.05) is 0 Å². The van der Waals surface area contributed by atoms with Gasteiger partial charge in [-0.2, -0.15) is 0 Å². The molecule has 0 aliphatic carbocycles. The van der Waals surface area contributed by atoms with Gasteiger partial charge < -0.3 is 4.79 Å². The van der Waals surface area contributed by atoms with E-state index < -0.39 is 17.1 Å². The Morgan fingerprint density at radius 1 is 0.727 bits per heavy atom. The Morgan fingerprint density at radius 3 is 1.09 bits per heavy atom. The van der Waals surface area contributed by atoms with E-state index in [1.807, 2.05) is 6.79 Å². The summed E-state index contributed by atoms with van der Waals surface area (Å²) in [5.74, 6) is 0. The van der Waals surface area contributed by atoms with Gasteiger partial charge in [0.05, 0.1) is 0 Å². The monoisotopic (exact) mass is 159 g/mol. The van der Waals surface area contributed by atoms with E-state index in [0.717, 1.165) is 0 Å². The van der Waals surface area contributed by atoms with Gasteiger partial charge in [0.15, 0.2) is 0 Å². The van der Waals surface area contributed by atoms with E-state index in [9.17, 15) is 14.4 Å². The Kier molecular flexibility index (Phi) is 3.29. The molecule has 0 radical (unpaired) electrons. The van der Waals surface area contributed by atoms with E-state index >= 15 is 0 Å². The van der Waals surface area contributed by atoms with E-state index in [1.54, 1.807) is 15.0 Å². The van der Waals surface area contributed by atoms with Crippen molar-refractivity contribution in [3.05, 3.63) is 31.5 Å². The Labute approximate surface area is 59.1 Å². The van der Waals surface area contributed by atoms with Crippen LogP contribution < -0.4 is 17.1 Å². The largest absolute Gasteiger partial charge is 0.330 e. The van der Waals surface area contributed by atoms with Crippen LogP contribution in [-0.2, 0) is 4.79 Å². The van der Waals surface area contributed by atoms with Crippen molar-refractivity contribution in [1.29, 1.82) is 0 Å². The van der Waals surface area contributed by atoms with E-state index in [-0.39, 0.29) is 0 Å². The molecule has 0 bridgehead atoms. The molecule has 1 aromatic rings. The van der Waals surface area contributed by atoms with Crippen LogP contribution in [0.1, 0.15) is 0 Å². The first-order valence-corrected chi connectivity index (χ1v) is 2.40. The summed E-state index contributed by atoms with van der Waals surface area (Å²) >= 11 is 0. The average molecular weight is 159 g/mol. The fraction of sp³-hybridized carbons (Fsp3) is 0. The number of rotatable bonds is 0. The number of carbonyl (C=O) groups excluding carboxylic acids is 1. The molecule has 7 nitrogen and oxygen atoms in total. The number of hydrogen-bond donors (Lipinski definition) is 3. The second-order valence-electron chi connectivity index (χ2n) is 1.36. The number of H-pyrrole nitrogens is 3. The minimum Gasteiger partial charge on any atom is -0.307 e. The standard InChI is InChI=1S/C3H3N3O3.CH2O/c7-1-4-2(8)6-3(9)5-1;1-2/h(H3,4,5,6,7,8,9);1H2. The van der Waals surface area contributed by atoms with Gasteiger partial charge in [-0.1, -0.05) is 0 Å². The normalized spacial score (nSPS) is 8.00. The predicted octanol–water partition coefficient (Wildman–Crippen LogP) is -2.43. The summed E-state index contributed by atoms with van der Waals surface area (Å²) in [4.78, 5) is 43.9. The van der Waals surface area contributed by atoms with Gasteiger partial charge in [0.25, 0.3) is 0 Å². The third kappa shape index (κ3) is 2.94. The SMILES string of the molecule is C=O.O=c1[nH]c(=O)[nH]c(=O)[nH]1. The highest BCUT2D eigenvalue weighted by Crippen LogP contribution is 1.29. The van der Waals surface area contributed by atoms with Gasteiger partial charge in [0.2, 0.25) is 0 Å². The van der Waals surface area contributed by atoms with Crippen LogP contribution in [0.4, 0.5) is 0 Å². The fourth-order valence-electron chi connectivity index (χ4n) is 0.403. The van der Waals surface area contributed by atoms with Crippen molar-refractivity contribution in [2.75, 3.05) is 0 Å². The summed E-state index contributed by atoms with van der Waals surface area (Å²) in [6.45, 7) is 2.00. The van der Waals surface area contributed by atoms with Crippen molar-refractivity contribution < 1.29 is 4.79 Å². The molecule has 0 aliphatic rings. The molecule has 0 amide bonds. The van der Waals surface area contributed by atoms with Crippen molar-refractivity contribution in [3.63, 3.8) is 0 Å². The number of nitrogens with one attached hydrogen (secondary N) is 3. The summed E-state index contributed by atoms with van der Waals surface area (Å²) in [5.41, 5.74) is -2.41. The lowest BCUT2D eigenvalue weighted by molar-refractivity contribution is -0.0979. The first kappa shape index (κ1) is 9.08. The highest BCUT2D eigenvalue weighted by molar-refractivity contribution is 5.10. The minimum absolute atomic E-state index is 0.802. The summed E-state index contributed by atoms with van der Waals surface area (Å²) in [6, 6.07) is 0. The quantitative estimate of drug-likeness (QED) is 0.390. The minimum atomic E-state index is -0.802. The van der Waals surface area contributed by atoms with E-state index in [2.05, 4.69) is 0 Å². The molecule has 7 heteroatoms. The van der Waals surface area contributed by atoms with Gasteiger partial charge in [-0.05, 0) is 0 Å². The molecule has 0 aromatic carbocycles. The molecular formula is C4H5N3O4. The second kappa shape index (κ2) is 3.99. The lowest BCUT2D eigenvalue weighted by Crippen LogP contribution is -2.34. The van der Waals surface area contributed by atoms with Gasteiger partial charge in [-0.25, -0.2) is 14.4 Å². The van der Waals surface area contributed by atoms with Crippen LogP contribution in [0.25, 0.3) is 0 Å². The third-order valence-corrected chi connectivity index (χ3v) is 0.681. The maximum absolute atomic E-state index is 10.2. The van der Waals surface area contributed by atoms with Crippen LogP contribution >= 0.6 is 0 Å². The van der Waals surface area contributed by atoms with Crippen molar-refractivity contribution in [2.24, 2.45) is 0 Å². The second-order valence-corrected chi connectivity index (χ2v) is 1.36. The molecule has 0 saturated carbocycles. The average Bonchev–Trinajstić information content (AvgIpc) is 1.88. The molecule has 0 spiro atoms. The fourth-order valence-corrected chi connectivity index (χ4v) is 0.403. The molecule has 1 heterocycles. The van der Waals surface area contributed by atoms with E-state index in [1.165, 1.54) is 0 Å². The van der Waals surface area contributed by atoms with Crippen molar-refractivity contribution in [1.82, 2.24) is 15.0 Å². The Hall–Kier alpha value is -1.92. The summed E-state index contributed by atoms with van der Waals surface area (Å²) in [5, 5.41) is 0. The summed E-state index contributed by atoms with van der Waals surface area (Å²) in [7, 11) is 0. The molecule has 0 atom stereocenters. The van der Waals surface area contributed by atoms with Gasteiger partial charge in [0.1, 0.15) is 6.79 Å². The molecule has 60 valence electrons. The zero-order chi connectivity index (χ0) is 8.85. The maximum Gasteiger partial charge on any atom is 0.330 e. The van der Waals surface area contributed by atoms with Crippen LogP contribution in [0.2, 0.25) is 0 Å². The number of aromatic nitrogens is 3. The molecule has 0 unspecified atom stereocenters. The van der Waals surface area contributed by atoms with E-state index in [0.29, 0.717) is 0 Å². The zero-order valence-electron chi connectivity index (χ0n) is 5.34. The first-order valence-electron chi connectivity index (χ1n) is 2.40. The Balaban J connectivity index is 0.000000461. The molecule has 3 N–H and O–H groups in total. The smallest absolute Gasteiger partial charge is 0.307 e. The molecule has 0 fully saturated rings. The van der Waals surface area contributed by atoms with Crippen LogP contribution in [0.3, 0.4) is 0 Å². The number of aromatic amines is 3. The maximum atomic E-state index is 10.2. The summed E-state index contributed by atoms with van der Waals surface area (Å²) < 4.78 is 0. The van der Waals surface area contributed by atoms with Crippen LogP contribution in [0.15, 0.2) is 14.4 Å². The van der Waals surface area contributed by atoms with Crippen LogP contribution in [-0.4, -0.2) is 21.7 Å². The topological polar surface area (TPSA) is 116 Å². The Bertz CT molecular complexity index is 293. The predicted molar refractivity (Wildman–Crippen MR) is 35.4 cm³/mol. The van der Waals surface area contributed by atoms with Crippen molar-refractivity contribution in [3.8, 4) is 0 Å². The van der Waals surface area contributed by atoms with E-state index in [4.69, 9.17) is 4.79 Å². The molecular weight excluding hydrogens is 154 g/mol. The lowest BCUT2D eigenvalue weighted by atomic mass is 11.0. The zero-order valence-corrected chi connectivity index (χ0v) is 5.34. The molecule has 11 heavy (non-hydrogen) atoms. The lowest BCUT2D eigenvalue weighted by Gasteiger charge is -1.77. The van der Waals surface area contributed by atoms with Crippen molar-refractivity contribution in [2.45, 2.75) is 0 Å².